The van der Waals surface area contributed by atoms with Crippen LogP contribution < -0.4 is 26.8 Å². The Kier molecular flexibility index (Phi) is 19.7. The maximum atomic E-state index is 14.9. The zero-order chi connectivity index (χ0) is 55.8. The number of benzene rings is 1. The molecule has 10 N–H and O–H groups in total. The van der Waals surface area contributed by atoms with Gasteiger partial charge in [-0.3, -0.25) is 38.5 Å². The normalized spacial score (nSPS) is 18.5. The molecular formula is C51H67FN8O16. The van der Waals surface area contributed by atoms with Gasteiger partial charge in [0.05, 0.1) is 41.7 Å². The Morgan fingerprint density at radius 3 is 2.26 bits per heavy atom. The summed E-state index contributed by atoms with van der Waals surface area (Å²) < 4.78 is 27.3. The molecule has 414 valence electrons. The number of aromatic nitrogens is 2. The Balaban J connectivity index is 0.985. The molecule has 0 radical (unpaired) electrons. The van der Waals surface area contributed by atoms with E-state index in [1.54, 1.807) is 37.9 Å². The number of likely N-dealkylation sites (N-methyl/N-ethyl adjacent to an activating group) is 1. The number of aryl methyl sites for hydroxylation is 2. The van der Waals surface area contributed by atoms with Gasteiger partial charge < -0.3 is 70.8 Å². The van der Waals surface area contributed by atoms with Crippen LogP contribution in [0.5, 0.6) is 0 Å². The predicted molar refractivity (Wildman–Crippen MR) is 267 cm³/mol. The molecule has 3 aromatic rings. The van der Waals surface area contributed by atoms with E-state index in [1.165, 1.54) is 24.5 Å². The fourth-order valence-electron chi connectivity index (χ4n) is 9.26. The molecule has 25 heteroatoms. The number of carbonyl (C=O) groups excluding carboxylic acids is 7. The van der Waals surface area contributed by atoms with Crippen molar-refractivity contribution in [3.63, 3.8) is 0 Å². The number of esters is 1. The molecule has 0 fully saturated rings. The lowest BCUT2D eigenvalue weighted by molar-refractivity contribution is -0.172. The van der Waals surface area contributed by atoms with Gasteiger partial charge in [0, 0.05) is 60.8 Å². The number of nitrogens with zero attached hydrogens (tertiary/aromatic N) is 4. The number of carbonyl (C=O) groups is 7. The Morgan fingerprint density at radius 1 is 0.908 bits per heavy atom. The summed E-state index contributed by atoms with van der Waals surface area (Å²) in [5, 5.41) is 71.4. The molecule has 6 rings (SSSR count). The summed E-state index contributed by atoms with van der Waals surface area (Å²) in [4.78, 5) is 110. The molecule has 0 bridgehead atoms. The fraction of sp³-hybridized carbons (Fsp3) is 0.549. The summed E-state index contributed by atoms with van der Waals surface area (Å²) in [6.45, 7) is 4.80. The van der Waals surface area contributed by atoms with Crippen molar-refractivity contribution in [2.75, 3.05) is 46.6 Å². The average Bonchev–Trinajstić information content (AvgIpc) is 4.00. The molecule has 0 aliphatic carbocycles. The van der Waals surface area contributed by atoms with Crippen LogP contribution >= 0.6 is 0 Å². The van der Waals surface area contributed by atoms with Gasteiger partial charge in [-0.1, -0.05) is 6.92 Å². The standard InChI is InChI=1S/C51H67FN8O16/c1-6-51(74)33-19-37-43-31(21-60(37)49(72)32(33)24-76-50(51)73)29(30-18-26(2)34(52)20-36(30)57-43)10-7-8-17-75-25-53-46(69)27(3)54-47(70)28(4)55-48(71)35(56-40(64)14-16-59-41(65)12-13-42(59)66)11-9-15-58(5)22-38(62)44(67)45(68)39(63)23-61/h12-13,18-20,27-28,35,38-39,44-45,61-63,67-68,74H,6-11,14-17,21-25H2,1-5H3,(H,53,69)(H,54,70)(H,55,71)(H,56,64)/t27-,28-,35-,38-,39+,44+,45+,51-/m0/s1. The van der Waals surface area contributed by atoms with Gasteiger partial charge >= 0.3 is 5.97 Å². The number of unbranched alkanes of at least 4 members (excludes halogenated alkanes) is 1. The molecule has 1 aromatic carbocycles. The maximum Gasteiger partial charge on any atom is 0.343 e. The van der Waals surface area contributed by atoms with E-state index in [1.807, 2.05) is 0 Å². The quantitative estimate of drug-likeness (QED) is 0.0132. The van der Waals surface area contributed by atoms with E-state index in [4.69, 9.17) is 19.6 Å². The van der Waals surface area contributed by atoms with E-state index >= 15 is 0 Å². The molecule has 24 nitrogen and oxygen atoms in total. The number of aliphatic hydroxyl groups excluding tert-OH is 5. The predicted octanol–water partition coefficient (Wildman–Crippen LogP) is -2.10. The molecule has 5 heterocycles. The van der Waals surface area contributed by atoms with Crippen LogP contribution in [0.4, 0.5) is 4.39 Å². The van der Waals surface area contributed by atoms with Crippen molar-refractivity contribution in [3.05, 3.63) is 74.3 Å². The number of amides is 6. The monoisotopic (exact) mass is 1070 g/mol. The minimum absolute atomic E-state index is 0.0159. The number of fused-ring (bicyclic) bond motifs is 5. The molecule has 0 unspecified atom stereocenters. The highest BCUT2D eigenvalue weighted by Gasteiger charge is 2.45. The van der Waals surface area contributed by atoms with E-state index in [-0.39, 0.29) is 82.9 Å². The number of cyclic esters (lactones) is 1. The fourth-order valence-corrected chi connectivity index (χ4v) is 9.26. The lowest BCUT2D eigenvalue weighted by Gasteiger charge is -2.31. The first-order valence-corrected chi connectivity index (χ1v) is 25.1. The van der Waals surface area contributed by atoms with Crippen molar-refractivity contribution in [1.29, 1.82) is 0 Å². The zero-order valence-electron chi connectivity index (χ0n) is 43.0. The first-order chi connectivity index (χ1) is 36.0. The van der Waals surface area contributed by atoms with Crippen LogP contribution in [-0.2, 0) is 68.2 Å². The number of nitrogens with one attached hydrogen (secondary N) is 4. The molecule has 0 spiro atoms. The smallest absolute Gasteiger partial charge is 0.343 e. The largest absolute Gasteiger partial charge is 0.458 e. The van der Waals surface area contributed by atoms with Crippen LogP contribution in [0.2, 0.25) is 0 Å². The molecule has 8 atom stereocenters. The second-order valence-electron chi connectivity index (χ2n) is 19.4. The number of ether oxygens (including phenoxy) is 2. The van der Waals surface area contributed by atoms with Gasteiger partial charge in [-0.15, -0.1) is 0 Å². The van der Waals surface area contributed by atoms with Crippen LogP contribution in [0.3, 0.4) is 0 Å². The highest BCUT2D eigenvalue weighted by atomic mass is 19.1. The van der Waals surface area contributed by atoms with Crippen molar-refractivity contribution in [3.8, 4) is 11.4 Å². The van der Waals surface area contributed by atoms with Gasteiger partial charge in [0.25, 0.3) is 17.4 Å². The van der Waals surface area contributed by atoms with Crippen molar-refractivity contribution in [2.45, 2.75) is 134 Å². The van der Waals surface area contributed by atoms with Crippen LogP contribution in [0.25, 0.3) is 22.3 Å². The van der Waals surface area contributed by atoms with E-state index in [2.05, 4.69) is 21.3 Å². The lowest BCUT2D eigenvalue weighted by atomic mass is 9.86. The van der Waals surface area contributed by atoms with Gasteiger partial charge in [-0.2, -0.15) is 0 Å². The number of rotatable bonds is 27. The van der Waals surface area contributed by atoms with Crippen LogP contribution in [0.1, 0.15) is 87.1 Å². The van der Waals surface area contributed by atoms with E-state index < -0.39 is 108 Å². The van der Waals surface area contributed by atoms with Crippen molar-refractivity contribution in [2.24, 2.45) is 0 Å². The molecular weight excluding hydrogens is 1000 g/mol. The number of pyridine rings is 2. The first kappa shape index (κ1) is 58.7. The zero-order valence-corrected chi connectivity index (χ0v) is 43.0. The van der Waals surface area contributed by atoms with Gasteiger partial charge in [0.2, 0.25) is 23.6 Å². The van der Waals surface area contributed by atoms with Crippen LogP contribution in [-0.4, -0.2) is 181 Å². The second-order valence-corrected chi connectivity index (χ2v) is 19.4. The average molecular weight is 1070 g/mol. The van der Waals surface area contributed by atoms with Gasteiger partial charge in [-0.05, 0) is 96.1 Å². The third-order valence-electron chi connectivity index (χ3n) is 13.9. The SMILES string of the molecule is CC[C@@]1(O)C(=O)OCc2c1cc1n(c2=O)Cc2c-1nc1cc(F)c(C)cc1c2CCCCOCNC(=O)[C@H](C)NC(=O)[C@H](C)NC(=O)[C@H](CCCN(C)C[C@H](O)[C@@H](O)[C@H](O)[C@H](O)CO)NC(=O)CCN1C(=O)C=CC1=O. The van der Waals surface area contributed by atoms with Crippen molar-refractivity contribution < 1.29 is 78.1 Å². The number of aliphatic hydroxyl groups is 6. The summed E-state index contributed by atoms with van der Waals surface area (Å²) in [6, 6.07) is 1.12. The highest BCUT2D eigenvalue weighted by molar-refractivity contribution is 6.13. The molecule has 6 amide bonds. The Labute approximate surface area is 436 Å². The van der Waals surface area contributed by atoms with Gasteiger partial charge in [0.1, 0.15) is 55.6 Å². The summed E-state index contributed by atoms with van der Waals surface area (Å²) in [5.74, 6) is -5.31. The van der Waals surface area contributed by atoms with E-state index in [0.717, 1.165) is 28.2 Å². The van der Waals surface area contributed by atoms with Crippen molar-refractivity contribution in [1.82, 2.24) is 40.6 Å². The minimum atomic E-state index is -2.01. The van der Waals surface area contributed by atoms with E-state index in [9.17, 15) is 68.3 Å². The number of hydrogen-bond donors (Lipinski definition) is 10. The Hall–Kier alpha value is -6.58. The third-order valence-corrected chi connectivity index (χ3v) is 13.9. The molecule has 0 saturated carbocycles. The maximum absolute atomic E-state index is 14.9. The third kappa shape index (κ3) is 13.3. The van der Waals surface area contributed by atoms with Crippen LogP contribution in [0, 0.1) is 12.7 Å². The summed E-state index contributed by atoms with van der Waals surface area (Å²) in [6.07, 6.45) is -3.32. The molecule has 2 aromatic heterocycles. The van der Waals surface area contributed by atoms with Crippen molar-refractivity contribution >= 4 is 52.3 Å². The molecule has 0 saturated heterocycles. The van der Waals surface area contributed by atoms with E-state index in [0.29, 0.717) is 47.1 Å². The molecule has 76 heavy (non-hydrogen) atoms. The summed E-state index contributed by atoms with van der Waals surface area (Å²) in [5.41, 5.74) is 1.15. The highest BCUT2D eigenvalue weighted by Crippen LogP contribution is 2.41. The van der Waals surface area contributed by atoms with Gasteiger partial charge in [-0.25, -0.2) is 14.2 Å². The Morgan fingerprint density at radius 2 is 1.58 bits per heavy atom. The first-order valence-electron chi connectivity index (χ1n) is 25.1. The number of imide groups is 1. The molecule has 3 aliphatic heterocycles. The molecule has 3 aliphatic rings. The van der Waals surface area contributed by atoms with Gasteiger partial charge in [0.15, 0.2) is 5.60 Å². The topological polar surface area (TPSA) is 349 Å². The summed E-state index contributed by atoms with van der Waals surface area (Å²) >= 11 is 0. The lowest BCUT2D eigenvalue weighted by Crippen LogP contribution is -2.55. The minimum Gasteiger partial charge on any atom is -0.458 e. The number of hydrogen-bond acceptors (Lipinski definition) is 18. The summed E-state index contributed by atoms with van der Waals surface area (Å²) in [7, 11) is 1.56. The second kappa shape index (κ2) is 25.5. The number of halogens is 1. The van der Waals surface area contributed by atoms with Crippen LogP contribution in [0.15, 0.2) is 35.1 Å². The Bertz CT molecular complexity index is 2790.